The number of aromatic nitrogens is 2. The van der Waals surface area contributed by atoms with E-state index in [1.807, 2.05) is 7.05 Å². The zero-order chi connectivity index (χ0) is 9.68. The third-order valence-corrected chi connectivity index (χ3v) is 2.47. The number of aryl methyl sites for hydroxylation is 2. The summed E-state index contributed by atoms with van der Waals surface area (Å²) in [5.74, 6) is 2.15. The Morgan fingerprint density at radius 3 is 2.85 bits per heavy atom. The van der Waals surface area contributed by atoms with Gasteiger partial charge < -0.3 is 4.57 Å². The maximum Gasteiger partial charge on any atom is 0.133 e. The molecule has 0 radical (unpaired) electrons. The van der Waals surface area contributed by atoms with E-state index in [4.69, 9.17) is 0 Å². The molecule has 1 aromatic rings. The van der Waals surface area contributed by atoms with Crippen LogP contribution in [0.15, 0.2) is 11.6 Å². The second-order valence-corrected chi connectivity index (χ2v) is 4.00. The van der Waals surface area contributed by atoms with E-state index < -0.39 is 0 Å². The predicted octanol–water partition coefficient (Wildman–Crippen LogP) is 2.71. The second kappa shape index (κ2) is 5.12. The highest BCUT2D eigenvalue weighted by atomic mass is 32.2. The number of nitrogens with zero attached hydrogens (tertiary/aromatic N) is 2. The lowest BCUT2D eigenvalue weighted by molar-refractivity contribution is 0.897. The topological polar surface area (TPSA) is 17.8 Å². The summed E-state index contributed by atoms with van der Waals surface area (Å²) in [6.45, 7) is 4.27. The maximum atomic E-state index is 4.46. The van der Waals surface area contributed by atoms with Gasteiger partial charge >= 0.3 is 0 Å². The van der Waals surface area contributed by atoms with Gasteiger partial charge in [-0.3, -0.25) is 0 Å². The Morgan fingerprint density at radius 1 is 1.54 bits per heavy atom. The molecule has 0 N–H and O–H groups in total. The Hall–Kier alpha value is -0.700. The lowest BCUT2D eigenvalue weighted by atomic mass is 10.4. The van der Waals surface area contributed by atoms with Crippen LogP contribution >= 0.6 is 11.8 Å². The van der Waals surface area contributed by atoms with Gasteiger partial charge in [-0.05, 0) is 23.7 Å². The third kappa shape index (κ3) is 2.92. The molecule has 2 nitrogen and oxygen atoms in total. The molecule has 72 valence electrons. The quantitative estimate of drug-likeness (QED) is 0.737. The molecule has 0 spiro atoms. The van der Waals surface area contributed by atoms with E-state index in [0.717, 1.165) is 23.7 Å². The van der Waals surface area contributed by atoms with Gasteiger partial charge in [-0.25, -0.2) is 4.98 Å². The van der Waals surface area contributed by atoms with E-state index in [1.54, 1.807) is 11.8 Å². The third-order valence-electron chi connectivity index (χ3n) is 1.80. The number of thioether (sulfide) groups is 1. The highest BCUT2D eigenvalue weighted by molar-refractivity contribution is 8.02. The van der Waals surface area contributed by atoms with Crippen LogP contribution in [0.25, 0.3) is 6.08 Å². The van der Waals surface area contributed by atoms with Crippen molar-refractivity contribution in [2.45, 2.75) is 20.3 Å². The molecule has 13 heavy (non-hydrogen) atoms. The van der Waals surface area contributed by atoms with Gasteiger partial charge in [0.1, 0.15) is 5.82 Å². The van der Waals surface area contributed by atoms with Crippen molar-refractivity contribution in [3.05, 3.63) is 23.1 Å². The van der Waals surface area contributed by atoms with Crippen molar-refractivity contribution in [3.63, 3.8) is 0 Å². The standard InChI is InChI=1S/C10H16N2S/c1-4-9-8-12(3)10(11-9)6-7-13-5-2/h6-8H,4-5H2,1-3H3. The van der Waals surface area contributed by atoms with E-state index in [1.165, 1.54) is 0 Å². The van der Waals surface area contributed by atoms with E-state index in [2.05, 4.69) is 41.1 Å². The minimum Gasteiger partial charge on any atom is -0.334 e. The molecular weight excluding hydrogens is 180 g/mol. The number of rotatable bonds is 4. The van der Waals surface area contributed by atoms with Gasteiger partial charge in [0, 0.05) is 13.2 Å². The van der Waals surface area contributed by atoms with Crippen LogP contribution in [0.3, 0.4) is 0 Å². The Morgan fingerprint density at radius 2 is 2.31 bits per heavy atom. The number of hydrogen-bond acceptors (Lipinski definition) is 2. The van der Waals surface area contributed by atoms with Gasteiger partial charge in [-0.1, -0.05) is 13.8 Å². The summed E-state index contributed by atoms with van der Waals surface area (Å²) in [4.78, 5) is 4.46. The monoisotopic (exact) mass is 196 g/mol. The molecule has 1 aromatic heterocycles. The molecule has 0 aromatic carbocycles. The molecule has 0 unspecified atom stereocenters. The highest BCUT2D eigenvalue weighted by Crippen LogP contribution is 2.08. The number of hydrogen-bond donors (Lipinski definition) is 0. The Bertz CT molecular complexity index is 289. The van der Waals surface area contributed by atoms with E-state index in [9.17, 15) is 0 Å². The van der Waals surface area contributed by atoms with Crippen molar-refractivity contribution in [3.8, 4) is 0 Å². The van der Waals surface area contributed by atoms with Crippen molar-refractivity contribution in [2.24, 2.45) is 7.05 Å². The molecule has 3 heteroatoms. The van der Waals surface area contributed by atoms with Crippen LogP contribution < -0.4 is 0 Å². The Kier molecular flexibility index (Phi) is 4.09. The minimum absolute atomic E-state index is 1.00. The fourth-order valence-electron chi connectivity index (χ4n) is 1.07. The lowest BCUT2D eigenvalue weighted by Crippen LogP contribution is -1.88. The van der Waals surface area contributed by atoms with Crippen LogP contribution in [-0.2, 0) is 13.5 Å². The van der Waals surface area contributed by atoms with E-state index in [-0.39, 0.29) is 0 Å². The van der Waals surface area contributed by atoms with Crippen molar-refractivity contribution in [1.29, 1.82) is 0 Å². The fraction of sp³-hybridized carbons (Fsp3) is 0.500. The smallest absolute Gasteiger partial charge is 0.133 e. The molecule has 0 saturated heterocycles. The first-order chi connectivity index (χ1) is 6.27. The molecule has 1 heterocycles. The van der Waals surface area contributed by atoms with Crippen molar-refractivity contribution >= 4 is 17.8 Å². The zero-order valence-corrected chi connectivity index (χ0v) is 9.27. The summed E-state index contributed by atoms with van der Waals surface area (Å²) in [6, 6.07) is 0. The molecule has 0 bridgehead atoms. The van der Waals surface area contributed by atoms with Crippen LogP contribution in [0, 0.1) is 0 Å². The SMILES string of the molecule is CCSC=Cc1nc(CC)cn1C. The molecule has 0 aliphatic heterocycles. The van der Waals surface area contributed by atoms with Crippen molar-refractivity contribution in [1.82, 2.24) is 9.55 Å². The zero-order valence-electron chi connectivity index (χ0n) is 8.45. The largest absolute Gasteiger partial charge is 0.334 e. The van der Waals surface area contributed by atoms with E-state index >= 15 is 0 Å². The molecule has 0 atom stereocenters. The van der Waals surface area contributed by atoms with Crippen LogP contribution in [0.5, 0.6) is 0 Å². The Labute approximate surface area is 84.1 Å². The molecule has 0 fully saturated rings. The van der Waals surface area contributed by atoms with Crippen molar-refractivity contribution < 1.29 is 0 Å². The summed E-state index contributed by atoms with van der Waals surface area (Å²) < 4.78 is 2.06. The average Bonchev–Trinajstić information content (AvgIpc) is 2.48. The first-order valence-electron chi connectivity index (χ1n) is 4.58. The van der Waals surface area contributed by atoms with Gasteiger partial charge in [-0.2, -0.15) is 0 Å². The molecule has 1 rings (SSSR count). The molecule has 0 amide bonds. The van der Waals surface area contributed by atoms with E-state index in [0.29, 0.717) is 0 Å². The summed E-state index contributed by atoms with van der Waals surface area (Å²) in [6.07, 6.45) is 5.15. The van der Waals surface area contributed by atoms with Gasteiger partial charge in [0.05, 0.1) is 5.69 Å². The molecular formula is C10H16N2S. The van der Waals surface area contributed by atoms with Crippen molar-refractivity contribution in [2.75, 3.05) is 5.75 Å². The summed E-state index contributed by atoms with van der Waals surface area (Å²) in [5.41, 5.74) is 1.16. The lowest BCUT2D eigenvalue weighted by Gasteiger charge is -1.92. The molecule has 0 aliphatic carbocycles. The summed E-state index contributed by atoms with van der Waals surface area (Å²) in [5, 5.41) is 2.10. The minimum atomic E-state index is 1.00. The predicted molar refractivity (Wildman–Crippen MR) is 59.8 cm³/mol. The van der Waals surface area contributed by atoms with Crippen LogP contribution in [0.4, 0.5) is 0 Å². The Balaban J connectivity index is 2.70. The first-order valence-corrected chi connectivity index (χ1v) is 5.63. The highest BCUT2D eigenvalue weighted by Gasteiger charge is 1.98. The maximum absolute atomic E-state index is 4.46. The normalized spacial score (nSPS) is 11.3. The molecule has 0 aliphatic rings. The van der Waals surface area contributed by atoms with Gasteiger partial charge in [0.2, 0.25) is 0 Å². The van der Waals surface area contributed by atoms with Crippen LogP contribution in [-0.4, -0.2) is 15.3 Å². The number of imidazole rings is 1. The summed E-state index contributed by atoms with van der Waals surface area (Å²) >= 11 is 1.79. The van der Waals surface area contributed by atoms with Gasteiger partial charge in [0.15, 0.2) is 0 Å². The van der Waals surface area contributed by atoms with Crippen LogP contribution in [0.1, 0.15) is 25.4 Å². The second-order valence-electron chi connectivity index (χ2n) is 2.81. The first kappa shape index (κ1) is 10.4. The van der Waals surface area contributed by atoms with Crippen LogP contribution in [0.2, 0.25) is 0 Å². The molecule has 0 saturated carbocycles. The average molecular weight is 196 g/mol. The fourth-order valence-corrected chi connectivity index (χ4v) is 1.49. The van der Waals surface area contributed by atoms with Gasteiger partial charge in [0.25, 0.3) is 0 Å². The summed E-state index contributed by atoms with van der Waals surface area (Å²) in [7, 11) is 2.03. The van der Waals surface area contributed by atoms with Gasteiger partial charge in [-0.15, -0.1) is 11.8 Å².